The minimum Gasteiger partial charge on any atom is -0.309 e. The molecular formula is C44H24N6. The molecule has 0 unspecified atom stereocenters. The molecule has 0 spiro atoms. The summed E-state index contributed by atoms with van der Waals surface area (Å²) in [6.45, 7) is 0. The average molecular weight is 637 g/mol. The predicted molar refractivity (Wildman–Crippen MR) is 198 cm³/mol. The maximum Gasteiger partial charge on any atom is 0.0991 e. The highest BCUT2D eigenvalue weighted by molar-refractivity contribution is 6.11. The van der Waals surface area contributed by atoms with Crippen LogP contribution in [0.2, 0.25) is 0 Å². The molecule has 0 radical (unpaired) electrons. The van der Waals surface area contributed by atoms with Crippen LogP contribution in [0, 0.1) is 34.0 Å². The molecule has 0 bridgehead atoms. The van der Waals surface area contributed by atoms with Gasteiger partial charge >= 0.3 is 0 Å². The van der Waals surface area contributed by atoms with E-state index in [9.17, 15) is 15.8 Å². The number of fused-ring (bicyclic) bond motifs is 6. The van der Waals surface area contributed by atoms with Gasteiger partial charge in [-0.1, -0.05) is 54.6 Å². The molecule has 9 aromatic rings. The van der Waals surface area contributed by atoms with E-state index in [0.717, 1.165) is 77.5 Å². The maximum atomic E-state index is 9.77. The van der Waals surface area contributed by atoms with Gasteiger partial charge in [0.25, 0.3) is 0 Å². The number of pyridine rings is 1. The molecule has 0 aliphatic rings. The number of para-hydroxylation sites is 2. The second kappa shape index (κ2) is 11.4. The van der Waals surface area contributed by atoms with Crippen LogP contribution < -0.4 is 0 Å². The molecule has 0 aliphatic heterocycles. The smallest absolute Gasteiger partial charge is 0.0991 e. The SMILES string of the molecule is N#Cc1cccc(-c2cccc(-c3cc(-n4c5ccccc5c5ccccc54)cc(-n4c5ccc(C#N)cc5c5cc(C#N)ccc54)c3)n2)c1. The number of benzene rings is 6. The Kier molecular flexibility index (Phi) is 6.53. The van der Waals surface area contributed by atoms with E-state index in [1.165, 1.54) is 0 Å². The normalized spacial score (nSPS) is 11.1. The molecule has 0 fully saturated rings. The summed E-state index contributed by atoms with van der Waals surface area (Å²) in [7, 11) is 0. The van der Waals surface area contributed by atoms with Crippen LogP contribution in [0.15, 0.2) is 146 Å². The maximum absolute atomic E-state index is 9.77. The van der Waals surface area contributed by atoms with Gasteiger partial charge in [-0.15, -0.1) is 0 Å². The monoisotopic (exact) mass is 636 g/mol. The van der Waals surface area contributed by atoms with Crippen molar-refractivity contribution in [1.29, 1.82) is 15.8 Å². The quantitative estimate of drug-likeness (QED) is 0.192. The fraction of sp³-hybridized carbons (Fsp3) is 0. The third-order valence-electron chi connectivity index (χ3n) is 9.35. The Morgan fingerprint density at radius 3 is 1.42 bits per heavy atom. The van der Waals surface area contributed by atoms with E-state index in [1.54, 1.807) is 6.07 Å². The van der Waals surface area contributed by atoms with Crippen LogP contribution in [-0.4, -0.2) is 14.1 Å². The number of nitriles is 3. The molecule has 3 aromatic heterocycles. The van der Waals surface area contributed by atoms with Gasteiger partial charge in [0.05, 0.1) is 68.4 Å². The molecule has 230 valence electrons. The van der Waals surface area contributed by atoms with Gasteiger partial charge in [0, 0.05) is 44.0 Å². The number of hydrogen-bond donors (Lipinski definition) is 0. The van der Waals surface area contributed by atoms with Crippen molar-refractivity contribution in [2.24, 2.45) is 0 Å². The lowest BCUT2D eigenvalue weighted by Crippen LogP contribution is -2.01. The Balaban J connectivity index is 1.37. The van der Waals surface area contributed by atoms with Gasteiger partial charge in [-0.3, -0.25) is 0 Å². The molecule has 6 heteroatoms. The topological polar surface area (TPSA) is 94.1 Å². The van der Waals surface area contributed by atoms with E-state index in [2.05, 4.69) is 94.1 Å². The molecule has 6 nitrogen and oxygen atoms in total. The van der Waals surface area contributed by atoms with Crippen molar-refractivity contribution >= 4 is 43.6 Å². The van der Waals surface area contributed by atoms with Crippen LogP contribution in [0.3, 0.4) is 0 Å². The van der Waals surface area contributed by atoms with Crippen molar-refractivity contribution in [2.75, 3.05) is 0 Å². The fourth-order valence-corrected chi connectivity index (χ4v) is 7.15. The van der Waals surface area contributed by atoms with E-state index in [1.807, 2.05) is 72.8 Å². The second-order valence-corrected chi connectivity index (χ2v) is 12.2. The van der Waals surface area contributed by atoms with Crippen LogP contribution in [0.4, 0.5) is 0 Å². The van der Waals surface area contributed by atoms with Crippen LogP contribution in [0.5, 0.6) is 0 Å². The molecule has 0 saturated carbocycles. The first-order valence-electron chi connectivity index (χ1n) is 16.1. The summed E-state index contributed by atoms with van der Waals surface area (Å²) >= 11 is 0. The summed E-state index contributed by atoms with van der Waals surface area (Å²) in [4.78, 5) is 5.13. The van der Waals surface area contributed by atoms with E-state index >= 15 is 0 Å². The summed E-state index contributed by atoms with van der Waals surface area (Å²) in [5.41, 5.74) is 10.9. The highest BCUT2D eigenvalue weighted by atomic mass is 15.0. The summed E-state index contributed by atoms with van der Waals surface area (Å²) in [5.74, 6) is 0. The largest absolute Gasteiger partial charge is 0.309 e. The first kappa shape index (κ1) is 28.7. The van der Waals surface area contributed by atoms with E-state index in [-0.39, 0.29) is 0 Å². The van der Waals surface area contributed by atoms with Crippen molar-refractivity contribution < 1.29 is 0 Å². The minimum absolute atomic E-state index is 0.556. The van der Waals surface area contributed by atoms with Crippen LogP contribution >= 0.6 is 0 Å². The molecule has 3 heterocycles. The number of nitrogens with zero attached hydrogens (tertiary/aromatic N) is 6. The van der Waals surface area contributed by atoms with Gasteiger partial charge in [0.2, 0.25) is 0 Å². The van der Waals surface area contributed by atoms with Crippen molar-refractivity contribution in [2.45, 2.75) is 0 Å². The van der Waals surface area contributed by atoms with E-state index in [4.69, 9.17) is 4.98 Å². The van der Waals surface area contributed by atoms with Crippen molar-refractivity contribution in [3.8, 4) is 52.1 Å². The zero-order valence-corrected chi connectivity index (χ0v) is 26.5. The van der Waals surface area contributed by atoms with Crippen molar-refractivity contribution in [1.82, 2.24) is 14.1 Å². The Labute approximate surface area is 287 Å². The third kappa shape index (κ3) is 4.51. The molecule has 0 N–H and O–H groups in total. The minimum atomic E-state index is 0.556. The molecule has 0 saturated heterocycles. The Morgan fingerprint density at radius 1 is 0.380 bits per heavy atom. The molecule has 50 heavy (non-hydrogen) atoms. The van der Waals surface area contributed by atoms with Crippen LogP contribution in [0.25, 0.3) is 77.5 Å². The summed E-state index contributed by atoms with van der Waals surface area (Å²) in [6, 6.07) is 55.1. The van der Waals surface area contributed by atoms with Crippen LogP contribution in [-0.2, 0) is 0 Å². The highest BCUT2D eigenvalue weighted by Crippen LogP contribution is 2.38. The van der Waals surface area contributed by atoms with Crippen LogP contribution in [0.1, 0.15) is 16.7 Å². The average Bonchev–Trinajstić information content (AvgIpc) is 3.70. The second-order valence-electron chi connectivity index (χ2n) is 12.2. The predicted octanol–water partition coefficient (Wildman–Crippen LogP) is 10.2. The van der Waals surface area contributed by atoms with Gasteiger partial charge in [-0.2, -0.15) is 15.8 Å². The molecule has 9 rings (SSSR count). The highest BCUT2D eigenvalue weighted by Gasteiger charge is 2.18. The molecular weight excluding hydrogens is 613 g/mol. The lowest BCUT2D eigenvalue weighted by molar-refractivity contribution is 1.13. The molecule has 6 aromatic carbocycles. The summed E-state index contributed by atoms with van der Waals surface area (Å²) < 4.78 is 4.50. The summed E-state index contributed by atoms with van der Waals surface area (Å²) in [6.07, 6.45) is 0. The number of rotatable bonds is 4. The first-order valence-corrected chi connectivity index (χ1v) is 16.1. The molecule has 0 atom stereocenters. The van der Waals surface area contributed by atoms with Gasteiger partial charge in [0.15, 0.2) is 0 Å². The van der Waals surface area contributed by atoms with E-state index < -0.39 is 0 Å². The van der Waals surface area contributed by atoms with Crippen molar-refractivity contribution in [3.63, 3.8) is 0 Å². The van der Waals surface area contributed by atoms with Gasteiger partial charge in [-0.05, 0) is 91.0 Å². The van der Waals surface area contributed by atoms with Crippen molar-refractivity contribution in [3.05, 3.63) is 162 Å². The Morgan fingerprint density at radius 2 is 0.860 bits per heavy atom. The third-order valence-corrected chi connectivity index (χ3v) is 9.35. The zero-order valence-electron chi connectivity index (χ0n) is 26.5. The van der Waals surface area contributed by atoms with Gasteiger partial charge in [-0.25, -0.2) is 4.98 Å². The Hall–Kier alpha value is -7.46. The summed E-state index contributed by atoms with van der Waals surface area (Å²) in [5, 5.41) is 33.2. The lowest BCUT2D eigenvalue weighted by Gasteiger charge is -2.16. The van der Waals surface area contributed by atoms with E-state index in [0.29, 0.717) is 16.7 Å². The number of aromatic nitrogens is 3. The molecule has 0 amide bonds. The zero-order chi connectivity index (χ0) is 33.8. The lowest BCUT2D eigenvalue weighted by atomic mass is 10.0. The van der Waals surface area contributed by atoms with Gasteiger partial charge in [0.1, 0.15) is 0 Å². The standard InChI is InChI=1S/C44H24N6/c45-25-28-7-5-8-31(19-28)39-11-6-12-40(48-39)32-22-33(49-41-13-3-1-9-35(41)36-10-2-4-14-42(36)49)24-34(23-32)50-43-17-15-29(26-46)20-37(43)38-21-30(27-47)16-18-44(38)50/h1-24H. The Bertz CT molecular complexity index is 2850. The number of hydrogen-bond acceptors (Lipinski definition) is 4. The van der Waals surface area contributed by atoms with Gasteiger partial charge < -0.3 is 9.13 Å². The molecule has 0 aliphatic carbocycles. The fourth-order valence-electron chi connectivity index (χ4n) is 7.15. The first-order chi connectivity index (χ1) is 24.6.